The molecular weight excluding hydrogens is 364 g/mol. The minimum absolute atomic E-state index is 0.0546. The summed E-state index contributed by atoms with van der Waals surface area (Å²) in [6, 6.07) is 4.37. The van der Waals surface area contributed by atoms with Crippen molar-refractivity contribution >= 4 is 9.84 Å². The van der Waals surface area contributed by atoms with Gasteiger partial charge in [-0.15, -0.1) is 0 Å². The predicted octanol–water partition coefficient (Wildman–Crippen LogP) is 2.54. The predicted molar refractivity (Wildman–Crippen MR) is 101 cm³/mol. The largest absolute Gasteiger partial charge is 0.474 e. The van der Waals surface area contributed by atoms with Crippen molar-refractivity contribution in [3.05, 3.63) is 35.3 Å². The Morgan fingerprint density at radius 3 is 2.44 bits per heavy atom. The van der Waals surface area contributed by atoms with Gasteiger partial charge in [0.2, 0.25) is 5.88 Å². The highest BCUT2D eigenvalue weighted by Crippen LogP contribution is 2.38. The average Bonchev–Trinajstić information content (AvgIpc) is 3.05. The Hall–Kier alpha value is -1.93. The van der Waals surface area contributed by atoms with Crippen molar-refractivity contribution in [2.75, 3.05) is 5.88 Å². The smallest absolute Gasteiger partial charge is 0.213 e. The molecule has 27 heavy (non-hydrogen) atoms. The van der Waals surface area contributed by atoms with Crippen LogP contribution in [0.25, 0.3) is 0 Å². The molecule has 2 aromatic heterocycles. The second kappa shape index (κ2) is 6.91. The van der Waals surface area contributed by atoms with Gasteiger partial charge in [0.1, 0.15) is 16.9 Å². The number of rotatable bonds is 5. The van der Waals surface area contributed by atoms with Crippen LogP contribution in [0.5, 0.6) is 5.88 Å². The van der Waals surface area contributed by atoms with Crippen molar-refractivity contribution in [1.82, 2.24) is 20.1 Å². The first kappa shape index (κ1) is 18.4. The van der Waals surface area contributed by atoms with E-state index in [1.165, 1.54) is 0 Å². The number of fused-ring (bicyclic) bond motifs is 2. The van der Waals surface area contributed by atoms with Gasteiger partial charge in [-0.1, -0.05) is 6.07 Å². The van der Waals surface area contributed by atoms with Crippen LogP contribution in [0, 0.1) is 20.8 Å². The van der Waals surface area contributed by atoms with Crippen LogP contribution in [0.4, 0.5) is 0 Å². The molecule has 3 atom stereocenters. The van der Waals surface area contributed by atoms with Crippen LogP contribution in [-0.4, -0.2) is 52.6 Å². The number of nitrogens with zero attached hydrogens (tertiary/aromatic N) is 3. The van der Waals surface area contributed by atoms with Crippen molar-refractivity contribution in [2.45, 2.75) is 69.5 Å². The molecule has 4 heterocycles. The van der Waals surface area contributed by atoms with Crippen LogP contribution in [0.1, 0.15) is 42.6 Å². The van der Waals surface area contributed by atoms with E-state index in [2.05, 4.69) is 20.1 Å². The van der Waals surface area contributed by atoms with Gasteiger partial charge in [-0.05, 0) is 52.0 Å². The average molecular weight is 391 g/mol. The summed E-state index contributed by atoms with van der Waals surface area (Å²) in [5.74, 6) is 0.703. The molecule has 0 aromatic carbocycles. The first-order valence-corrected chi connectivity index (χ1v) is 11.1. The molecular formula is C19H26N4O3S. The summed E-state index contributed by atoms with van der Waals surface area (Å²) in [4.78, 5) is 6.84. The van der Waals surface area contributed by atoms with Gasteiger partial charge in [-0.25, -0.2) is 13.4 Å². The van der Waals surface area contributed by atoms with E-state index in [1.807, 2.05) is 19.1 Å². The van der Waals surface area contributed by atoms with Gasteiger partial charge in [-0.3, -0.25) is 10.00 Å². The molecule has 2 aliphatic rings. The van der Waals surface area contributed by atoms with Crippen molar-refractivity contribution in [3.8, 4) is 5.88 Å². The molecule has 2 saturated heterocycles. The zero-order valence-corrected chi connectivity index (χ0v) is 16.8. The molecule has 8 heteroatoms. The Morgan fingerprint density at radius 2 is 1.89 bits per heavy atom. The lowest BCUT2D eigenvalue weighted by molar-refractivity contribution is 0.0581. The summed E-state index contributed by atoms with van der Waals surface area (Å²) in [6.45, 7) is 5.50. The van der Waals surface area contributed by atoms with E-state index < -0.39 is 9.84 Å². The number of hydrogen-bond acceptors (Lipinski definition) is 6. The van der Waals surface area contributed by atoms with Crippen LogP contribution in [0.2, 0.25) is 0 Å². The SMILES string of the molecule is Cc1ccc(O[C@@H]2C[C@H]3CC[C@@H](C2)N3CS(=O)(=O)c2c(C)n[nH]c2C)nc1. The van der Waals surface area contributed by atoms with E-state index in [4.69, 9.17) is 4.74 Å². The first-order valence-electron chi connectivity index (χ1n) is 9.43. The fraction of sp³-hybridized carbons (Fsp3) is 0.579. The van der Waals surface area contributed by atoms with Gasteiger partial charge in [0, 0.05) is 24.3 Å². The number of aromatic amines is 1. The van der Waals surface area contributed by atoms with Crippen molar-refractivity contribution in [2.24, 2.45) is 0 Å². The maximum atomic E-state index is 13.0. The summed E-state index contributed by atoms with van der Waals surface area (Å²) in [5.41, 5.74) is 2.26. The summed E-state index contributed by atoms with van der Waals surface area (Å²) < 4.78 is 32.0. The minimum Gasteiger partial charge on any atom is -0.474 e. The Morgan fingerprint density at radius 1 is 1.19 bits per heavy atom. The van der Waals surface area contributed by atoms with Crippen molar-refractivity contribution in [1.29, 1.82) is 0 Å². The standard InChI is InChI=1S/C19H26N4O3S/c1-12-4-7-18(20-10-12)26-17-8-15-5-6-16(9-17)23(15)11-27(24,25)19-13(2)21-22-14(19)3/h4,7,10,15-17H,5-6,8-9,11H2,1-3H3,(H,21,22)/t15-,16+,17-. The summed E-state index contributed by atoms with van der Waals surface area (Å²) >= 11 is 0. The zero-order chi connectivity index (χ0) is 19.2. The number of aromatic nitrogens is 3. The monoisotopic (exact) mass is 390 g/mol. The van der Waals surface area contributed by atoms with Crippen LogP contribution in [0.3, 0.4) is 0 Å². The minimum atomic E-state index is -3.41. The highest BCUT2D eigenvalue weighted by atomic mass is 32.2. The van der Waals surface area contributed by atoms with Gasteiger partial charge >= 0.3 is 0 Å². The van der Waals surface area contributed by atoms with E-state index in [-0.39, 0.29) is 24.1 Å². The molecule has 146 valence electrons. The van der Waals surface area contributed by atoms with Crippen LogP contribution < -0.4 is 4.74 Å². The molecule has 0 spiro atoms. The highest BCUT2D eigenvalue weighted by molar-refractivity contribution is 7.91. The Kier molecular flexibility index (Phi) is 4.71. The molecule has 0 aliphatic carbocycles. The molecule has 2 fully saturated rings. The Labute approximate surface area is 160 Å². The van der Waals surface area contributed by atoms with Gasteiger partial charge in [0.15, 0.2) is 9.84 Å². The molecule has 1 N–H and O–H groups in total. The third kappa shape index (κ3) is 3.60. The molecule has 0 radical (unpaired) electrons. The van der Waals surface area contributed by atoms with Crippen LogP contribution in [0.15, 0.2) is 23.2 Å². The lowest BCUT2D eigenvalue weighted by atomic mass is 10.0. The van der Waals surface area contributed by atoms with E-state index in [0.717, 1.165) is 31.2 Å². The van der Waals surface area contributed by atoms with E-state index in [0.29, 0.717) is 22.2 Å². The van der Waals surface area contributed by atoms with Crippen molar-refractivity contribution in [3.63, 3.8) is 0 Å². The number of aryl methyl sites for hydroxylation is 3. The number of pyridine rings is 1. The fourth-order valence-electron chi connectivity index (χ4n) is 4.49. The number of H-pyrrole nitrogens is 1. The van der Waals surface area contributed by atoms with Crippen LogP contribution >= 0.6 is 0 Å². The first-order chi connectivity index (χ1) is 12.8. The molecule has 2 aliphatic heterocycles. The highest BCUT2D eigenvalue weighted by Gasteiger charge is 2.44. The second-order valence-electron chi connectivity index (χ2n) is 7.79. The number of sulfone groups is 1. The normalized spacial score (nSPS) is 25.7. The second-order valence-corrected chi connectivity index (χ2v) is 9.69. The Bertz CT molecular complexity index is 889. The molecule has 0 saturated carbocycles. The number of nitrogens with one attached hydrogen (secondary N) is 1. The zero-order valence-electron chi connectivity index (χ0n) is 16.0. The number of ether oxygens (including phenoxy) is 1. The molecule has 0 unspecified atom stereocenters. The third-order valence-electron chi connectivity index (χ3n) is 5.70. The van der Waals surface area contributed by atoms with E-state index in [9.17, 15) is 8.42 Å². The fourth-order valence-corrected chi connectivity index (χ4v) is 6.44. The maximum absolute atomic E-state index is 13.0. The molecule has 7 nitrogen and oxygen atoms in total. The summed E-state index contributed by atoms with van der Waals surface area (Å²) in [6.07, 6.45) is 5.61. The van der Waals surface area contributed by atoms with Gasteiger partial charge in [0.05, 0.1) is 11.4 Å². The van der Waals surface area contributed by atoms with Gasteiger partial charge in [-0.2, -0.15) is 5.10 Å². The van der Waals surface area contributed by atoms with E-state index >= 15 is 0 Å². The Balaban J connectivity index is 1.46. The number of hydrogen-bond donors (Lipinski definition) is 1. The van der Waals surface area contributed by atoms with E-state index in [1.54, 1.807) is 20.0 Å². The van der Waals surface area contributed by atoms with Gasteiger partial charge in [0.25, 0.3) is 0 Å². The summed E-state index contributed by atoms with van der Waals surface area (Å²) in [7, 11) is -3.41. The number of piperidine rings is 1. The van der Waals surface area contributed by atoms with Crippen molar-refractivity contribution < 1.29 is 13.2 Å². The topological polar surface area (TPSA) is 88.2 Å². The lowest BCUT2D eigenvalue weighted by Gasteiger charge is -2.38. The molecule has 2 aromatic rings. The quantitative estimate of drug-likeness (QED) is 0.844. The third-order valence-corrected chi connectivity index (χ3v) is 7.56. The summed E-state index contributed by atoms with van der Waals surface area (Å²) in [5, 5.41) is 6.83. The maximum Gasteiger partial charge on any atom is 0.213 e. The van der Waals surface area contributed by atoms with Crippen LogP contribution in [-0.2, 0) is 9.84 Å². The molecule has 0 amide bonds. The molecule has 2 bridgehead atoms. The lowest BCUT2D eigenvalue weighted by Crippen LogP contribution is -2.48. The van der Waals surface area contributed by atoms with Gasteiger partial charge < -0.3 is 4.74 Å². The molecule has 4 rings (SSSR count).